The highest BCUT2D eigenvalue weighted by molar-refractivity contribution is 6.30. The van der Waals surface area contributed by atoms with Crippen LogP contribution in [0.25, 0.3) is 21.8 Å². The van der Waals surface area contributed by atoms with Crippen molar-refractivity contribution in [1.29, 1.82) is 0 Å². The Bertz CT molecular complexity index is 987. The van der Waals surface area contributed by atoms with Crippen LogP contribution in [0.4, 0.5) is 0 Å². The summed E-state index contributed by atoms with van der Waals surface area (Å²) in [4.78, 5) is 40.4. The lowest BCUT2D eigenvalue weighted by Gasteiger charge is -2.05. The van der Waals surface area contributed by atoms with E-state index in [-0.39, 0.29) is 23.6 Å². The third-order valence-electron chi connectivity index (χ3n) is 3.78. The highest BCUT2D eigenvalue weighted by Gasteiger charge is 2.14. The van der Waals surface area contributed by atoms with Crippen molar-refractivity contribution in [2.75, 3.05) is 5.88 Å². The number of carboxylic acids is 1. The van der Waals surface area contributed by atoms with E-state index in [2.05, 4.69) is 9.97 Å². The van der Waals surface area contributed by atoms with E-state index in [4.69, 9.17) is 16.7 Å². The number of aromatic nitrogens is 2. The van der Waals surface area contributed by atoms with Crippen molar-refractivity contribution in [2.45, 2.75) is 12.8 Å². The smallest absolute Gasteiger partial charge is 0.303 e. The van der Waals surface area contributed by atoms with E-state index < -0.39 is 5.97 Å². The van der Waals surface area contributed by atoms with Crippen molar-refractivity contribution in [3.8, 4) is 0 Å². The predicted molar refractivity (Wildman–Crippen MR) is 87.4 cm³/mol. The molecule has 3 N–H and O–H groups in total. The van der Waals surface area contributed by atoms with E-state index in [0.29, 0.717) is 33.8 Å². The molecule has 0 spiro atoms. The third-order valence-corrected chi connectivity index (χ3v) is 4.02. The number of H-pyrrole nitrogens is 2. The van der Waals surface area contributed by atoms with Crippen molar-refractivity contribution < 1.29 is 14.7 Å². The molecule has 0 atom stereocenters. The minimum Gasteiger partial charge on any atom is -0.481 e. The zero-order chi connectivity index (χ0) is 16.6. The first-order valence-corrected chi connectivity index (χ1v) is 7.51. The molecule has 0 aliphatic rings. The molecule has 0 aliphatic heterocycles. The lowest BCUT2D eigenvalue weighted by atomic mass is 10.0. The van der Waals surface area contributed by atoms with Crippen LogP contribution in [0, 0.1) is 0 Å². The topological polar surface area (TPSA) is 103 Å². The van der Waals surface area contributed by atoms with Crippen molar-refractivity contribution >= 4 is 45.2 Å². The monoisotopic (exact) mass is 332 g/mol. The Labute approximate surface area is 135 Å². The minimum absolute atomic E-state index is 0.0401. The summed E-state index contributed by atoms with van der Waals surface area (Å²) in [6.45, 7) is 0. The number of hydrogen-bond acceptors (Lipinski definition) is 3. The standard InChI is InChI=1S/C16H13ClN2O4/c17-6-12(20)8-1-3-11-10(5-8)14-9(2-4-13(21)22)7-18-15(14)16(23)19-11/h1,3,5,7,18H,2,4,6H2,(H,19,23)(H,21,22). The van der Waals surface area contributed by atoms with E-state index in [1.807, 2.05) is 0 Å². The SMILES string of the molecule is O=C(O)CCc1c[nH]c2c(=O)[nH]c3ccc(C(=O)CCl)cc3c12. The molecule has 23 heavy (non-hydrogen) atoms. The van der Waals surface area contributed by atoms with Gasteiger partial charge in [0.2, 0.25) is 0 Å². The van der Waals surface area contributed by atoms with Crippen LogP contribution >= 0.6 is 11.6 Å². The van der Waals surface area contributed by atoms with Gasteiger partial charge in [-0.05, 0) is 30.2 Å². The molecule has 0 amide bonds. The fourth-order valence-electron chi connectivity index (χ4n) is 2.69. The van der Waals surface area contributed by atoms with Gasteiger partial charge in [-0.3, -0.25) is 14.4 Å². The number of carbonyl (C=O) groups excluding carboxylic acids is 1. The molecule has 0 saturated heterocycles. The highest BCUT2D eigenvalue weighted by Crippen LogP contribution is 2.26. The number of pyridine rings is 1. The van der Waals surface area contributed by atoms with Crippen LogP contribution in [-0.4, -0.2) is 32.7 Å². The molecule has 6 nitrogen and oxygen atoms in total. The number of nitrogens with one attached hydrogen (secondary N) is 2. The van der Waals surface area contributed by atoms with Crippen molar-refractivity contribution in [1.82, 2.24) is 9.97 Å². The van der Waals surface area contributed by atoms with E-state index in [1.54, 1.807) is 24.4 Å². The number of Topliss-reactive ketones (excluding diaryl/α,β-unsaturated/α-hetero) is 1. The Hall–Kier alpha value is -2.60. The summed E-state index contributed by atoms with van der Waals surface area (Å²) in [6.07, 6.45) is 1.89. The van der Waals surface area contributed by atoms with Gasteiger partial charge in [0, 0.05) is 34.5 Å². The van der Waals surface area contributed by atoms with Crippen LogP contribution in [0.15, 0.2) is 29.2 Å². The molecule has 0 unspecified atom stereocenters. The summed E-state index contributed by atoms with van der Waals surface area (Å²) in [5, 5.41) is 10.2. The molecule has 0 radical (unpaired) electrons. The zero-order valence-electron chi connectivity index (χ0n) is 12.0. The second kappa shape index (κ2) is 5.89. The fraction of sp³-hybridized carbons (Fsp3) is 0.188. The molecule has 3 rings (SSSR count). The molecule has 3 aromatic rings. The summed E-state index contributed by atoms with van der Waals surface area (Å²) in [6, 6.07) is 4.94. The van der Waals surface area contributed by atoms with Gasteiger partial charge in [-0.2, -0.15) is 0 Å². The Morgan fingerprint density at radius 2 is 2.04 bits per heavy atom. The molecule has 0 aliphatic carbocycles. The van der Waals surface area contributed by atoms with Gasteiger partial charge in [-0.25, -0.2) is 0 Å². The van der Waals surface area contributed by atoms with E-state index in [0.717, 1.165) is 5.56 Å². The van der Waals surface area contributed by atoms with Gasteiger partial charge >= 0.3 is 5.97 Å². The summed E-state index contributed by atoms with van der Waals surface area (Å²) in [5.41, 5.74) is 1.85. The molecule has 0 bridgehead atoms. The van der Waals surface area contributed by atoms with Crippen LogP contribution in [-0.2, 0) is 11.2 Å². The molecule has 7 heteroatoms. The van der Waals surface area contributed by atoms with Crippen molar-refractivity contribution in [3.63, 3.8) is 0 Å². The van der Waals surface area contributed by atoms with Gasteiger partial charge in [0.15, 0.2) is 5.78 Å². The maximum atomic E-state index is 12.1. The number of rotatable bonds is 5. The average molecular weight is 333 g/mol. The summed E-state index contributed by atoms with van der Waals surface area (Å²) >= 11 is 5.60. The molecule has 0 saturated carbocycles. The predicted octanol–water partition coefficient (Wildman–Crippen LogP) is 2.45. The Morgan fingerprint density at radius 1 is 1.26 bits per heavy atom. The second-order valence-corrected chi connectivity index (χ2v) is 5.50. The number of fused-ring (bicyclic) bond motifs is 3. The molecular formula is C16H13ClN2O4. The molecule has 118 valence electrons. The van der Waals surface area contributed by atoms with Crippen LogP contribution in [0.2, 0.25) is 0 Å². The lowest BCUT2D eigenvalue weighted by Crippen LogP contribution is -2.07. The number of hydrogen-bond donors (Lipinski definition) is 3. The van der Waals surface area contributed by atoms with Crippen LogP contribution < -0.4 is 5.56 Å². The van der Waals surface area contributed by atoms with Crippen LogP contribution in [0.3, 0.4) is 0 Å². The molecule has 0 fully saturated rings. The van der Waals surface area contributed by atoms with E-state index >= 15 is 0 Å². The minimum atomic E-state index is -0.911. The van der Waals surface area contributed by atoms with Crippen LogP contribution in [0.5, 0.6) is 0 Å². The van der Waals surface area contributed by atoms with Gasteiger partial charge in [-0.1, -0.05) is 0 Å². The first-order valence-electron chi connectivity index (χ1n) is 6.98. The van der Waals surface area contributed by atoms with Gasteiger partial charge in [0.25, 0.3) is 5.56 Å². The first-order chi connectivity index (χ1) is 11.0. The number of aromatic amines is 2. The zero-order valence-corrected chi connectivity index (χ0v) is 12.7. The van der Waals surface area contributed by atoms with Crippen molar-refractivity contribution in [3.05, 3.63) is 45.9 Å². The maximum Gasteiger partial charge on any atom is 0.303 e. The van der Waals surface area contributed by atoms with Gasteiger partial charge in [0.1, 0.15) is 5.52 Å². The van der Waals surface area contributed by atoms with Gasteiger partial charge in [-0.15, -0.1) is 11.6 Å². The quantitative estimate of drug-likeness (QED) is 0.493. The molecule has 2 heterocycles. The Morgan fingerprint density at radius 3 is 2.74 bits per heavy atom. The average Bonchev–Trinajstić information content (AvgIpc) is 2.97. The number of benzene rings is 1. The Kier molecular flexibility index (Phi) is 3.92. The number of aryl methyl sites for hydroxylation is 1. The summed E-state index contributed by atoms with van der Waals surface area (Å²) in [7, 11) is 0. The number of carboxylic acid groups (broad SMARTS) is 1. The first kappa shape index (κ1) is 15.3. The number of ketones is 1. The number of alkyl halides is 1. The van der Waals surface area contributed by atoms with Crippen molar-refractivity contribution in [2.24, 2.45) is 0 Å². The lowest BCUT2D eigenvalue weighted by molar-refractivity contribution is -0.136. The second-order valence-electron chi connectivity index (χ2n) is 5.23. The number of aliphatic carboxylic acids is 1. The number of carbonyl (C=O) groups is 2. The van der Waals surface area contributed by atoms with Crippen LogP contribution in [0.1, 0.15) is 22.3 Å². The highest BCUT2D eigenvalue weighted by atomic mass is 35.5. The van der Waals surface area contributed by atoms with E-state index in [9.17, 15) is 14.4 Å². The maximum absolute atomic E-state index is 12.1. The normalized spacial score (nSPS) is 11.2. The number of halogens is 1. The van der Waals surface area contributed by atoms with E-state index in [1.165, 1.54) is 0 Å². The van der Waals surface area contributed by atoms with Gasteiger partial charge < -0.3 is 15.1 Å². The fourth-order valence-corrected chi connectivity index (χ4v) is 2.84. The summed E-state index contributed by atoms with van der Waals surface area (Å²) in [5.74, 6) is -1.25. The van der Waals surface area contributed by atoms with Gasteiger partial charge in [0.05, 0.1) is 5.88 Å². The third kappa shape index (κ3) is 2.73. The molecular weight excluding hydrogens is 320 g/mol. The summed E-state index contributed by atoms with van der Waals surface area (Å²) < 4.78 is 0. The molecule has 1 aromatic carbocycles. The Balaban J connectivity index is 2.28. The largest absolute Gasteiger partial charge is 0.481 e. The molecule has 2 aromatic heterocycles.